The third-order valence-electron chi connectivity index (χ3n) is 4.18. The topological polar surface area (TPSA) is 88.4 Å². The van der Waals surface area contributed by atoms with Crippen molar-refractivity contribution in [3.05, 3.63) is 75.7 Å². The number of fused-ring (bicyclic) bond motifs is 1. The van der Waals surface area contributed by atoms with Gasteiger partial charge in [-0.15, -0.1) is 0 Å². The van der Waals surface area contributed by atoms with Crippen LogP contribution in [0, 0.1) is 13.8 Å². The van der Waals surface area contributed by atoms with Crippen molar-refractivity contribution in [2.24, 2.45) is 0 Å². The van der Waals surface area contributed by atoms with Gasteiger partial charge < -0.3 is 15.1 Å². The Labute approximate surface area is 161 Å². The lowest BCUT2D eigenvalue weighted by Crippen LogP contribution is -2.11. The summed E-state index contributed by atoms with van der Waals surface area (Å²) >= 11 is 0. The van der Waals surface area contributed by atoms with Crippen LogP contribution in [-0.4, -0.2) is 11.8 Å². The number of aryl methyl sites for hydroxylation is 2. The minimum Gasteiger partial charge on any atom is -0.463 e. The molecule has 0 atom stereocenters. The lowest BCUT2D eigenvalue weighted by Gasteiger charge is -2.09. The summed E-state index contributed by atoms with van der Waals surface area (Å²) in [7, 11) is 0. The average Bonchev–Trinajstić information content (AvgIpc) is 2.64. The van der Waals surface area contributed by atoms with Gasteiger partial charge in [0, 0.05) is 24.4 Å². The van der Waals surface area contributed by atoms with Gasteiger partial charge in [-0.05, 0) is 49.8 Å². The Kier molecular flexibility index (Phi) is 5.40. The van der Waals surface area contributed by atoms with Crippen LogP contribution in [0.2, 0.25) is 0 Å². The maximum atomic E-state index is 12.6. The Bertz CT molecular complexity index is 1160. The first-order valence-electron chi connectivity index (χ1n) is 8.73. The van der Waals surface area contributed by atoms with Crippen molar-refractivity contribution in [2.45, 2.75) is 20.8 Å². The van der Waals surface area contributed by atoms with E-state index in [0.717, 1.165) is 11.1 Å². The van der Waals surface area contributed by atoms with Crippen LogP contribution in [0.1, 0.15) is 23.6 Å². The average molecular weight is 376 g/mol. The van der Waals surface area contributed by atoms with Gasteiger partial charge in [0.2, 0.25) is 11.8 Å². The van der Waals surface area contributed by atoms with Crippen LogP contribution in [-0.2, 0) is 9.59 Å². The van der Waals surface area contributed by atoms with Crippen LogP contribution in [0.25, 0.3) is 17.0 Å². The summed E-state index contributed by atoms with van der Waals surface area (Å²) in [5.41, 5.74) is 3.55. The molecular formula is C22H20N2O4. The van der Waals surface area contributed by atoms with Gasteiger partial charge in [-0.3, -0.25) is 14.4 Å². The van der Waals surface area contributed by atoms with E-state index in [-0.39, 0.29) is 16.9 Å². The molecule has 1 heterocycles. The van der Waals surface area contributed by atoms with E-state index in [0.29, 0.717) is 22.3 Å². The molecule has 0 radical (unpaired) electrons. The van der Waals surface area contributed by atoms with Gasteiger partial charge in [-0.25, -0.2) is 0 Å². The quantitative estimate of drug-likeness (QED) is 0.673. The lowest BCUT2D eigenvalue weighted by molar-refractivity contribution is -0.114. The Morgan fingerprint density at radius 2 is 1.82 bits per heavy atom. The van der Waals surface area contributed by atoms with E-state index < -0.39 is 5.91 Å². The van der Waals surface area contributed by atoms with Crippen LogP contribution < -0.4 is 16.1 Å². The third kappa shape index (κ3) is 4.35. The molecule has 2 amide bonds. The summed E-state index contributed by atoms with van der Waals surface area (Å²) in [5.74, 6) is -0.592. The standard InChI is InChI=1S/C22H20N2O4/c1-13-4-8-20-18(10-13)22(27)16(12-28-20)6-9-21(26)24-19-11-17(23-15(3)25)7-5-14(19)2/h4-12H,1-3H3,(H,23,25)(H,24,26)/b9-6+. The van der Waals surface area contributed by atoms with E-state index in [2.05, 4.69) is 10.6 Å². The van der Waals surface area contributed by atoms with E-state index in [1.165, 1.54) is 25.3 Å². The molecule has 142 valence electrons. The van der Waals surface area contributed by atoms with Crippen LogP contribution in [0.4, 0.5) is 11.4 Å². The molecule has 6 nitrogen and oxygen atoms in total. The first-order chi connectivity index (χ1) is 13.3. The fraction of sp³-hybridized carbons (Fsp3) is 0.136. The van der Waals surface area contributed by atoms with Crippen LogP contribution in [0.3, 0.4) is 0 Å². The Balaban J connectivity index is 1.81. The Morgan fingerprint density at radius 3 is 2.57 bits per heavy atom. The minimum absolute atomic E-state index is 0.195. The van der Waals surface area contributed by atoms with E-state index >= 15 is 0 Å². The largest absolute Gasteiger partial charge is 0.463 e. The predicted octanol–water partition coefficient (Wildman–Crippen LogP) is 4.02. The number of carbonyl (C=O) groups is 2. The molecule has 3 aromatic rings. The van der Waals surface area contributed by atoms with Crippen molar-refractivity contribution < 1.29 is 14.0 Å². The number of hydrogen-bond acceptors (Lipinski definition) is 4. The Morgan fingerprint density at radius 1 is 1.04 bits per heavy atom. The molecule has 0 fully saturated rings. The fourth-order valence-corrected chi connectivity index (χ4v) is 2.75. The van der Waals surface area contributed by atoms with Crippen LogP contribution in [0.15, 0.2) is 57.9 Å². The minimum atomic E-state index is -0.396. The molecule has 2 aromatic carbocycles. The van der Waals surface area contributed by atoms with Gasteiger partial charge >= 0.3 is 0 Å². The second kappa shape index (κ2) is 7.92. The zero-order valence-electron chi connectivity index (χ0n) is 15.8. The molecular weight excluding hydrogens is 356 g/mol. The number of hydrogen-bond donors (Lipinski definition) is 2. The van der Waals surface area contributed by atoms with Gasteiger partial charge in [-0.2, -0.15) is 0 Å². The number of benzene rings is 2. The van der Waals surface area contributed by atoms with Crippen molar-refractivity contribution >= 4 is 40.2 Å². The molecule has 0 bridgehead atoms. The summed E-state index contributed by atoms with van der Waals surface area (Å²) < 4.78 is 5.48. The maximum Gasteiger partial charge on any atom is 0.248 e. The highest BCUT2D eigenvalue weighted by molar-refractivity contribution is 6.03. The summed E-state index contributed by atoms with van der Waals surface area (Å²) in [5, 5.41) is 5.89. The molecule has 0 unspecified atom stereocenters. The summed E-state index contributed by atoms with van der Waals surface area (Å²) in [6.45, 7) is 5.15. The summed E-state index contributed by atoms with van der Waals surface area (Å²) in [6, 6.07) is 10.6. The normalized spacial score (nSPS) is 11.0. The zero-order chi connectivity index (χ0) is 20.3. The monoisotopic (exact) mass is 376 g/mol. The molecule has 2 N–H and O–H groups in total. The van der Waals surface area contributed by atoms with Gasteiger partial charge in [0.15, 0.2) is 5.43 Å². The second-order valence-electron chi connectivity index (χ2n) is 6.55. The van der Waals surface area contributed by atoms with E-state index in [4.69, 9.17) is 4.42 Å². The number of anilines is 2. The molecule has 28 heavy (non-hydrogen) atoms. The van der Waals surface area contributed by atoms with Crippen LogP contribution >= 0.6 is 0 Å². The molecule has 0 aliphatic carbocycles. The highest BCUT2D eigenvalue weighted by Gasteiger charge is 2.07. The molecule has 0 saturated carbocycles. The number of amides is 2. The molecule has 1 aromatic heterocycles. The van der Waals surface area contributed by atoms with Crippen molar-refractivity contribution in [1.82, 2.24) is 0 Å². The van der Waals surface area contributed by atoms with Crippen molar-refractivity contribution in [3.63, 3.8) is 0 Å². The van der Waals surface area contributed by atoms with Crippen molar-refractivity contribution in [3.8, 4) is 0 Å². The maximum absolute atomic E-state index is 12.6. The summed E-state index contributed by atoms with van der Waals surface area (Å²) in [4.78, 5) is 36.0. The highest BCUT2D eigenvalue weighted by atomic mass is 16.3. The van der Waals surface area contributed by atoms with E-state index in [9.17, 15) is 14.4 Å². The van der Waals surface area contributed by atoms with Crippen LogP contribution in [0.5, 0.6) is 0 Å². The first-order valence-corrected chi connectivity index (χ1v) is 8.73. The van der Waals surface area contributed by atoms with Gasteiger partial charge in [0.25, 0.3) is 0 Å². The molecule has 0 saturated heterocycles. The van der Waals surface area contributed by atoms with E-state index in [1.807, 2.05) is 19.9 Å². The van der Waals surface area contributed by atoms with Crippen molar-refractivity contribution in [1.29, 1.82) is 0 Å². The SMILES string of the molecule is CC(=O)Nc1ccc(C)c(NC(=O)/C=C/c2coc3ccc(C)cc3c2=O)c1. The van der Waals surface area contributed by atoms with Gasteiger partial charge in [0.05, 0.1) is 10.9 Å². The highest BCUT2D eigenvalue weighted by Crippen LogP contribution is 2.20. The third-order valence-corrected chi connectivity index (χ3v) is 4.18. The lowest BCUT2D eigenvalue weighted by atomic mass is 10.1. The fourth-order valence-electron chi connectivity index (χ4n) is 2.75. The summed E-state index contributed by atoms with van der Waals surface area (Å²) in [6.07, 6.45) is 4.04. The van der Waals surface area contributed by atoms with E-state index in [1.54, 1.807) is 30.3 Å². The Hall–Kier alpha value is -3.67. The first kappa shape index (κ1) is 19.1. The number of rotatable bonds is 4. The zero-order valence-corrected chi connectivity index (χ0v) is 15.8. The smallest absolute Gasteiger partial charge is 0.248 e. The number of nitrogens with one attached hydrogen (secondary N) is 2. The van der Waals surface area contributed by atoms with Crippen molar-refractivity contribution in [2.75, 3.05) is 10.6 Å². The molecule has 0 spiro atoms. The molecule has 6 heteroatoms. The molecule has 0 aliphatic heterocycles. The second-order valence-corrected chi connectivity index (χ2v) is 6.55. The molecule has 0 aliphatic rings. The predicted molar refractivity (Wildman–Crippen MR) is 110 cm³/mol. The number of carbonyl (C=O) groups excluding carboxylic acids is 2. The molecule has 3 rings (SSSR count). The van der Waals surface area contributed by atoms with Gasteiger partial charge in [0.1, 0.15) is 11.8 Å². The van der Waals surface area contributed by atoms with Gasteiger partial charge in [-0.1, -0.05) is 17.7 Å².